The largest absolute Gasteiger partial charge is 0.361 e. The van der Waals surface area contributed by atoms with Gasteiger partial charge in [-0.05, 0) is 26.7 Å². The van der Waals surface area contributed by atoms with Gasteiger partial charge in [0, 0.05) is 31.5 Å². The Labute approximate surface area is 134 Å². The number of hydrogen-bond acceptors (Lipinski definition) is 6. The van der Waals surface area contributed by atoms with Crippen LogP contribution in [0.4, 0.5) is 4.79 Å². The first kappa shape index (κ1) is 15.5. The summed E-state index contributed by atoms with van der Waals surface area (Å²) in [5, 5.41) is 10.7. The molecule has 1 saturated carbocycles. The molecule has 2 aromatic heterocycles. The van der Waals surface area contributed by atoms with E-state index in [9.17, 15) is 4.79 Å². The van der Waals surface area contributed by atoms with E-state index in [0.717, 1.165) is 35.7 Å². The molecule has 3 rings (SSSR count). The first-order valence-electron chi connectivity index (χ1n) is 7.77. The number of amides is 2. The molecule has 0 saturated heterocycles. The highest BCUT2D eigenvalue weighted by Crippen LogP contribution is 2.38. The summed E-state index contributed by atoms with van der Waals surface area (Å²) in [5.41, 5.74) is 1.75. The quantitative estimate of drug-likeness (QED) is 0.874. The zero-order valence-electron chi connectivity index (χ0n) is 13.6. The molecule has 1 aliphatic carbocycles. The minimum absolute atomic E-state index is 0.157. The van der Waals surface area contributed by atoms with Crippen LogP contribution in [0.15, 0.2) is 9.05 Å². The molecule has 2 amide bonds. The van der Waals surface area contributed by atoms with Crippen molar-refractivity contribution in [2.45, 2.75) is 45.6 Å². The van der Waals surface area contributed by atoms with Crippen molar-refractivity contribution in [3.8, 4) is 0 Å². The molecule has 0 radical (unpaired) electrons. The standard InChI is InChI=1S/C15H21N5O3/c1-9-12(10(2)22-18-9)8-20(3)15(21)16-7-6-13-17-14(23-19-13)11-4-5-11/h11H,4-8H2,1-3H3,(H,16,21). The van der Waals surface area contributed by atoms with E-state index in [1.165, 1.54) is 0 Å². The third-order valence-electron chi connectivity index (χ3n) is 3.96. The highest BCUT2D eigenvalue weighted by molar-refractivity contribution is 5.73. The van der Waals surface area contributed by atoms with Crippen molar-refractivity contribution in [3.05, 3.63) is 28.7 Å². The van der Waals surface area contributed by atoms with Gasteiger partial charge >= 0.3 is 6.03 Å². The molecule has 2 aromatic rings. The fourth-order valence-electron chi connectivity index (χ4n) is 2.32. The number of carbonyl (C=O) groups is 1. The maximum absolute atomic E-state index is 12.1. The normalized spacial score (nSPS) is 14.0. The fraction of sp³-hybridized carbons (Fsp3) is 0.600. The van der Waals surface area contributed by atoms with Gasteiger partial charge in [0.1, 0.15) is 5.76 Å². The summed E-state index contributed by atoms with van der Waals surface area (Å²) in [6.07, 6.45) is 2.82. The van der Waals surface area contributed by atoms with Gasteiger partial charge in [0.15, 0.2) is 5.82 Å². The van der Waals surface area contributed by atoms with E-state index < -0.39 is 0 Å². The van der Waals surface area contributed by atoms with Gasteiger partial charge in [-0.2, -0.15) is 4.98 Å². The minimum atomic E-state index is -0.157. The number of aryl methyl sites for hydroxylation is 2. The van der Waals surface area contributed by atoms with Crippen molar-refractivity contribution >= 4 is 6.03 Å². The molecule has 124 valence electrons. The number of urea groups is 1. The Morgan fingerprint density at radius 2 is 2.09 bits per heavy atom. The maximum atomic E-state index is 12.1. The molecule has 1 aliphatic rings. The van der Waals surface area contributed by atoms with Gasteiger partial charge in [0.05, 0.1) is 12.2 Å². The van der Waals surface area contributed by atoms with Crippen LogP contribution in [0.25, 0.3) is 0 Å². The highest BCUT2D eigenvalue weighted by atomic mass is 16.5. The first-order valence-corrected chi connectivity index (χ1v) is 7.77. The third kappa shape index (κ3) is 3.69. The molecule has 23 heavy (non-hydrogen) atoms. The summed E-state index contributed by atoms with van der Waals surface area (Å²) < 4.78 is 10.3. The number of aromatic nitrogens is 3. The molecule has 0 unspecified atom stereocenters. The average molecular weight is 319 g/mol. The molecule has 0 aromatic carbocycles. The van der Waals surface area contributed by atoms with Gasteiger partial charge in [-0.3, -0.25) is 0 Å². The van der Waals surface area contributed by atoms with Crippen LogP contribution in [0, 0.1) is 13.8 Å². The Morgan fingerprint density at radius 1 is 1.30 bits per heavy atom. The van der Waals surface area contributed by atoms with E-state index in [2.05, 4.69) is 20.6 Å². The predicted octanol–water partition coefficient (Wildman–Crippen LogP) is 1.94. The average Bonchev–Trinajstić information content (AvgIpc) is 3.20. The zero-order valence-corrected chi connectivity index (χ0v) is 13.6. The number of nitrogens with one attached hydrogen (secondary N) is 1. The van der Waals surface area contributed by atoms with Crippen molar-refractivity contribution in [3.63, 3.8) is 0 Å². The van der Waals surface area contributed by atoms with Crippen LogP contribution in [0.3, 0.4) is 0 Å². The lowest BCUT2D eigenvalue weighted by Crippen LogP contribution is -2.38. The van der Waals surface area contributed by atoms with Gasteiger partial charge < -0.3 is 19.3 Å². The summed E-state index contributed by atoms with van der Waals surface area (Å²) in [7, 11) is 1.74. The van der Waals surface area contributed by atoms with Gasteiger partial charge in [-0.1, -0.05) is 10.3 Å². The molecule has 2 heterocycles. The lowest BCUT2D eigenvalue weighted by atomic mass is 10.2. The third-order valence-corrected chi connectivity index (χ3v) is 3.96. The number of carbonyl (C=O) groups excluding carboxylic acids is 1. The SMILES string of the molecule is Cc1noc(C)c1CN(C)C(=O)NCCc1noc(C2CC2)n1. The summed E-state index contributed by atoms with van der Waals surface area (Å²) in [6, 6.07) is -0.157. The Kier molecular flexibility index (Phi) is 4.31. The lowest BCUT2D eigenvalue weighted by molar-refractivity contribution is 0.206. The fourth-order valence-corrected chi connectivity index (χ4v) is 2.32. The molecule has 8 nitrogen and oxygen atoms in total. The van der Waals surface area contributed by atoms with Crippen LogP contribution in [0.5, 0.6) is 0 Å². The van der Waals surface area contributed by atoms with Crippen LogP contribution < -0.4 is 5.32 Å². The van der Waals surface area contributed by atoms with Crippen molar-refractivity contribution in [1.82, 2.24) is 25.5 Å². The van der Waals surface area contributed by atoms with Gasteiger partial charge in [-0.25, -0.2) is 4.79 Å². The van der Waals surface area contributed by atoms with Crippen molar-refractivity contribution in [1.29, 1.82) is 0 Å². The molecule has 0 spiro atoms. The smallest absolute Gasteiger partial charge is 0.317 e. The van der Waals surface area contributed by atoms with Crippen LogP contribution in [0.2, 0.25) is 0 Å². The second kappa shape index (κ2) is 6.39. The monoisotopic (exact) mass is 319 g/mol. The van der Waals surface area contributed by atoms with Crippen LogP contribution in [-0.4, -0.2) is 39.8 Å². The Bertz CT molecular complexity index is 670. The molecule has 0 atom stereocenters. The number of hydrogen-bond donors (Lipinski definition) is 1. The zero-order chi connectivity index (χ0) is 16.4. The molecular weight excluding hydrogens is 298 g/mol. The molecule has 1 N–H and O–H groups in total. The van der Waals surface area contributed by atoms with Crippen LogP contribution in [-0.2, 0) is 13.0 Å². The van der Waals surface area contributed by atoms with Gasteiger partial charge in [0.25, 0.3) is 0 Å². The predicted molar refractivity (Wildman–Crippen MR) is 80.8 cm³/mol. The molecular formula is C15H21N5O3. The van der Waals surface area contributed by atoms with E-state index in [-0.39, 0.29) is 6.03 Å². The second-order valence-electron chi connectivity index (χ2n) is 5.96. The first-order chi connectivity index (χ1) is 11.0. The topological polar surface area (TPSA) is 97.3 Å². The number of nitrogens with zero attached hydrogens (tertiary/aromatic N) is 4. The summed E-state index contributed by atoms with van der Waals surface area (Å²) >= 11 is 0. The van der Waals surface area contributed by atoms with E-state index in [0.29, 0.717) is 31.3 Å². The Morgan fingerprint density at radius 3 is 2.74 bits per heavy atom. The van der Waals surface area contributed by atoms with Crippen molar-refractivity contribution in [2.24, 2.45) is 0 Å². The second-order valence-corrected chi connectivity index (χ2v) is 5.96. The maximum Gasteiger partial charge on any atom is 0.317 e. The van der Waals surface area contributed by atoms with E-state index in [1.54, 1.807) is 11.9 Å². The lowest BCUT2D eigenvalue weighted by Gasteiger charge is -2.17. The highest BCUT2D eigenvalue weighted by Gasteiger charge is 2.29. The summed E-state index contributed by atoms with van der Waals surface area (Å²) in [4.78, 5) is 18.0. The van der Waals surface area contributed by atoms with Crippen molar-refractivity contribution in [2.75, 3.05) is 13.6 Å². The molecule has 0 bridgehead atoms. The van der Waals surface area contributed by atoms with Crippen LogP contribution >= 0.6 is 0 Å². The molecule has 0 aliphatic heterocycles. The Hall–Kier alpha value is -2.38. The molecule has 8 heteroatoms. The summed E-state index contributed by atoms with van der Waals surface area (Å²) in [6.45, 7) is 4.63. The van der Waals surface area contributed by atoms with Gasteiger partial charge in [-0.15, -0.1) is 0 Å². The van der Waals surface area contributed by atoms with E-state index >= 15 is 0 Å². The minimum Gasteiger partial charge on any atom is -0.361 e. The Balaban J connectivity index is 1.44. The van der Waals surface area contributed by atoms with Crippen molar-refractivity contribution < 1.29 is 13.8 Å². The molecule has 1 fully saturated rings. The number of rotatable bonds is 6. The summed E-state index contributed by atoms with van der Waals surface area (Å²) in [5.74, 6) is 2.55. The van der Waals surface area contributed by atoms with E-state index in [1.807, 2.05) is 13.8 Å². The van der Waals surface area contributed by atoms with E-state index in [4.69, 9.17) is 9.05 Å². The van der Waals surface area contributed by atoms with Crippen LogP contribution in [0.1, 0.15) is 47.5 Å². The van der Waals surface area contributed by atoms with Gasteiger partial charge in [0.2, 0.25) is 5.89 Å².